The molecule has 0 bridgehead atoms. The van der Waals surface area contributed by atoms with Crippen LogP contribution in [-0.4, -0.2) is 10.1 Å². The maximum Gasteiger partial charge on any atom is 0.141 e. The highest BCUT2D eigenvalue weighted by atomic mass is 127. The molecule has 1 aromatic heterocycles. The molecule has 0 amide bonds. The summed E-state index contributed by atoms with van der Waals surface area (Å²) < 4.78 is 0.836. The second kappa shape index (κ2) is 3.31. The van der Waals surface area contributed by atoms with Crippen LogP contribution in [0.4, 0.5) is 0 Å². The topological polar surface area (TPSA) is 33.1 Å². The van der Waals surface area contributed by atoms with Gasteiger partial charge in [-0.25, -0.2) is 4.98 Å². The predicted octanol–water partition coefficient (Wildman–Crippen LogP) is 3.20. The Balaban J connectivity index is 2.92. The molecule has 66 valence electrons. The third-order valence-electron chi connectivity index (χ3n) is 1.75. The second-order valence-corrected chi connectivity index (χ2v) is 4.11. The summed E-state index contributed by atoms with van der Waals surface area (Å²) in [6.07, 6.45) is 0. The Kier molecular flexibility index (Phi) is 2.29. The summed E-state index contributed by atoms with van der Waals surface area (Å²) in [7, 11) is 0. The number of pyridine rings is 1. The largest absolute Gasteiger partial charge is 0.506 e. The molecule has 0 fully saturated rings. The molecule has 0 radical (unpaired) electrons. The molecule has 2 nitrogen and oxygen atoms in total. The Morgan fingerprint density at radius 1 is 1.23 bits per heavy atom. The van der Waals surface area contributed by atoms with Crippen LogP contribution >= 0.6 is 34.2 Å². The highest BCUT2D eigenvalue weighted by molar-refractivity contribution is 14.1. The number of nitrogens with zero attached hydrogens (tertiary/aromatic N) is 1. The lowest BCUT2D eigenvalue weighted by Crippen LogP contribution is -1.83. The van der Waals surface area contributed by atoms with Crippen LogP contribution in [-0.2, 0) is 0 Å². The summed E-state index contributed by atoms with van der Waals surface area (Å²) in [5, 5.41) is 10.9. The summed E-state index contributed by atoms with van der Waals surface area (Å²) in [6.45, 7) is 0. The van der Waals surface area contributed by atoms with Gasteiger partial charge in [-0.05, 0) is 46.9 Å². The fourth-order valence-electron chi connectivity index (χ4n) is 1.14. The zero-order chi connectivity index (χ0) is 9.42. The Morgan fingerprint density at radius 2 is 2.00 bits per heavy atom. The van der Waals surface area contributed by atoms with E-state index >= 15 is 0 Å². The quantitative estimate of drug-likeness (QED) is 0.599. The smallest absolute Gasteiger partial charge is 0.141 e. The molecular weight excluding hydrogens is 300 g/mol. The fraction of sp³-hybridized carbons (Fsp3) is 0. The number of benzene rings is 1. The number of halogens is 2. The van der Waals surface area contributed by atoms with Gasteiger partial charge in [0.05, 0.1) is 5.02 Å². The summed E-state index contributed by atoms with van der Waals surface area (Å²) >= 11 is 8.02. The average Bonchev–Trinajstić information content (AvgIpc) is 2.12. The molecule has 0 spiro atoms. The van der Waals surface area contributed by atoms with Crippen LogP contribution in [0.2, 0.25) is 5.02 Å². The Labute approximate surface area is 93.7 Å². The van der Waals surface area contributed by atoms with E-state index in [1.165, 1.54) is 0 Å². The first-order valence-corrected chi connectivity index (χ1v) is 5.08. The van der Waals surface area contributed by atoms with Crippen molar-refractivity contribution in [2.75, 3.05) is 0 Å². The van der Waals surface area contributed by atoms with E-state index in [-0.39, 0.29) is 5.75 Å². The van der Waals surface area contributed by atoms with Crippen molar-refractivity contribution < 1.29 is 5.11 Å². The molecule has 0 saturated carbocycles. The standard InChI is InChI=1S/C9H5ClINO/c10-6-2-3-7(13)9-5(6)1-4-8(11)12-9/h1-4,13H. The molecule has 1 heterocycles. The van der Waals surface area contributed by atoms with E-state index in [0.29, 0.717) is 10.5 Å². The van der Waals surface area contributed by atoms with Crippen molar-refractivity contribution in [3.8, 4) is 5.75 Å². The average molecular weight is 306 g/mol. The number of aromatic nitrogens is 1. The van der Waals surface area contributed by atoms with Crippen molar-refractivity contribution in [3.63, 3.8) is 0 Å². The van der Waals surface area contributed by atoms with E-state index in [9.17, 15) is 5.11 Å². The third-order valence-corrected chi connectivity index (χ3v) is 2.68. The van der Waals surface area contributed by atoms with E-state index < -0.39 is 0 Å². The normalized spacial score (nSPS) is 10.6. The van der Waals surface area contributed by atoms with Crippen molar-refractivity contribution in [2.24, 2.45) is 0 Å². The third kappa shape index (κ3) is 1.58. The lowest BCUT2D eigenvalue weighted by Gasteiger charge is -2.01. The number of aromatic hydroxyl groups is 1. The number of phenolic OH excluding ortho intramolecular Hbond substituents is 1. The van der Waals surface area contributed by atoms with Gasteiger partial charge in [0.2, 0.25) is 0 Å². The van der Waals surface area contributed by atoms with Gasteiger partial charge in [0.1, 0.15) is 15.0 Å². The van der Waals surface area contributed by atoms with E-state index in [0.717, 1.165) is 9.09 Å². The molecule has 0 unspecified atom stereocenters. The SMILES string of the molecule is Oc1ccc(Cl)c2ccc(I)nc12. The lowest BCUT2D eigenvalue weighted by atomic mass is 10.2. The molecule has 1 N–H and O–H groups in total. The first-order chi connectivity index (χ1) is 6.18. The van der Waals surface area contributed by atoms with Crippen LogP contribution in [0, 0.1) is 3.70 Å². The van der Waals surface area contributed by atoms with E-state index in [4.69, 9.17) is 11.6 Å². The van der Waals surface area contributed by atoms with Crippen molar-refractivity contribution in [2.45, 2.75) is 0 Å². The monoisotopic (exact) mass is 305 g/mol. The molecule has 2 aromatic rings. The zero-order valence-corrected chi connectivity index (χ0v) is 9.37. The van der Waals surface area contributed by atoms with Crippen molar-refractivity contribution in [1.82, 2.24) is 4.98 Å². The van der Waals surface area contributed by atoms with Gasteiger partial charge in [-0.2, -0.15) is 0 Å². The summed E-state index contributed by atoms with van der Waals surface area (Å²) in [6, 6.07) is 6.92. The highest BCUT2D eigenvalue weighted by Gasteiger charge is 2.04. The summed E-state index contributed by atoms with van der Waals surface area (Å²) in [4.78, 5) is 4.19. The van der Waals surface area contributed by atoms with Crippen molar-refractivity contribution >= 4 is 45.1 Å². The number of hydrogen-bond acceptors (Lipinski definition) is 2. The molecule has 13 heavy (non-hydrogen) atoms. The first kappa shape index (κ1) is 9.02. The molecule has 0 saturated heterocycles. The molecule has 0 atom stereocenters. The zero-order valence-electron chi connectivity index (χ0n) is 6.46. The van der Waals surface area contributed by atoms with Gasteiger partial charge in [0, 0.05) is 5.39 Å². The summed E-state index contributed by atoms with van der Waals surface area (Å²) in [5.41, 5.74) is 0.555. The minimum Gasteiger partial charge on any atom is -0.506 e. The number of fused-ring (bicyclic) bond motifs is 1. The predicted molar refractivity (Wildman–Crippen MR) is 61.1 cm³/mol. The Bertz CT molecular complexity index is 472. The number of rotatable bonds is 0. The van der Waals surface area contributed by atoms with Crippen LogP contribution in [0.15, 0.2) is 24.3 Å². The van der Waals surface area contributed by atoms with Crippen molar-refractivity contribution in [3.05, 3.63) is 33.0 Å². The van der Waals surface area contributed by atoms with Gasteiger partial charge in [0.25, 0.3) is 0 Å². The minimum atomic E-state index is 0.165. The van der Waals surface area contributed by atoms with Gasteiger partial charge in [-0.1, -0.05) is 11.6 Å². The van der Waals surface area contributed by atoms with Crippen molar-refractivity contribution in [1.29, 1.82) is 0 Å². The maximum atomic E-state index is 9.50. The first-order valence-electron chi connectivity index (χ1n) is 3.62. The molecule has 1 aromatic carbocycles. The Morgan fingerprint density at radius 3 is 2.77 bits per heavy atom. The van der Waals surface area contributed by atoms with E-state index in [1.807, 2.05) is 12.1 Å². The van der Waals surface area contributed by atoms with Gasteiger partial charge < -0.3 is 5.11 Å². The molecule has 4 heteroatoms. The van der Waals surface area contributed by atoms with E-state index in [2.05, 4.69) is 27.6 Å². The van der Waals surface area contributed by atoms with Crippen LogP contribution in [0.1, 0.15) is 0 Å². The van der Waals surface area contributed by atoms with Crippen LogP contribution in [0.25, 0.3) is 10.9 Å². The van der Waals surface area contributed by atoms with Gasteiger partial charge in [-0.3, -0.25) is 0 Å². The number of phenols is 1. The fourth-order valence-corrected chi connectivity index (χ4v) is 1.78. The molecular formula is C9H5ClINO. The minimum absolute atomic E-state index is 0.165. The van der Waals surface area contributed by atoms with Gasteiger partial charge >= 0.3 is 0 Å². The second-order valence-electron chi connectivity index (χ2n) is 2.60. The lowest BCUT2D eigenvalue weighted by molar-refractivity contribution is 0.480. The molecule has 0 aliphatic carbocycles. The number of hydrogen-bond donors (Lipinski definition) is 1. The maximum absolute atomic E-state index is 9.50. The van der Waals surface area contributed by atoms with Gasteiger partial charge in [0.15, 0.2) is 0 Å². The van der Waals surface area contributed by atoms with Crippen LogP contribution in [0.3, 0.4) is 0 Å². The highest BCUT2D eigenvalue weighted by Crippen LogP contribution is 2.29. The van der Waals surface area contributed by atoms with E-state index in [1.54, 1.807) is 12.1 Å². The van der Waals surface area contributed by atoms with Gasteiger partial charge in [-0.15, -0.1) is 0 Å². The molecule has 0 aliphatic rings. The van der Waals surface area contributed by atoms with Crippen LogP contribution < -0.4 is 0 Å². The Hall–Kier alpha value is -0.550. The van der Waals surface area contributed by atoms with Crippen LogP contribution in [0.5, 0.6) is 5.75 Å². The molecule has 2 rings (SSSR count). The summed E-state index contributed by atoms with van der Waals surface area (Å²) in [5.74, 6) is 0.165. The molecule has 0 aliphatic heterocycles.